The van der Waals surface area contributed by atoms with Crippen LogP contribution in [0.1, 0.15) is 11.1 Å². The normalized spacial score (nSPS) is 16.2. The van der Waals surface area contributed by atoms with Crippen LogP contribution in [0, 0.1) is 0 Å². The molecule has 254 valence electrons. The average molecular weight is 695 g/mol. The second-order valence-electron chi connectivity index (χ2n) is 14.1. The highest BCUT2D eigenvalue weighted by atomic mass is 16.1. The molecule has 0 saturated carbocycles. The van der Waals surface area contributed by atoms with Crippen LogP contribution < -0.4 is 0 Å². The fourth-order valence-electron chi connectivity index (χ4n) is 8.83. The maximum absolute atomic E-state index is 12.8. The molecule has 0 unspecified atom stereocenters. The van der Waals surface area contributed by atoms with Crippen molar-refractivity contribution >= 4 is 11.6 Å². The Morgan fingerprint density at radius 3 is 1.09 bits per heavy atom. The van der Waals surface area contributed by atoms with Crippen molar-refractivity contribution in [3.63, 3.8) is 0 Å². The molecule has 4 heterocycles. The second-order valence-corrected chi connectivity index (χ2v) is 14.1. The van der Waals surface area contributed by atoms with E-state index in [1.54, 1.807) is 24.3 Å². The molecule has 54 heavy (non-hydrogen) atoms. The Kier molecular flexibility index (Phi) is 6.29. The van der Waals surface area contributed by atoms with Gasteiger partial charge >= 0.3 is 0 Å². The summed E-state index contributed by atoms with van der Waals surface area (Å²) < 4.78 is 4.59. The number of hydrogen-bond donors (Lipinski definition) is 0. The van der Waals surface area contributed by atoms with Gasteiger partial charge in [0.2, 0.25) is 0 Å². The molecular weight excluding hydrogens is 665 g/mol. The van der Waals surface area contributed by atoms with Gasteiger partial charge in [-0.25, -0.2) is 9.97 Å². The maximum atomic E-state index is 12.8. The van der Waals surface area contributed by atoms with Gasteiger partial charge in [-0.1, -0.05) is 121 Å². The van der Waals surface area contributed by atoms with Crippen molar-refractivity contribution in [3.8, 4) is 67.8 Å². The van der Waals surface area contributed by atoms with Crippen LogP contribution in [0.25, 0.3) is 67.8 Å². The van der Waals surface area contributed by atoms with Crippen LogP contribution in [-0.4, -0.2) is 30.7 Å². The number of allylic oxidation sites excluding steroid dienone is 8. The fraction of sp³-hybridized carbons (Fsp3) is 0.0417. The highest BCUT2D eigenvalue weighted by Gasteiger charge is 2.50. The Morgan fingerprint density at radius 2 is 0.741 bits per heavy atom. The van der Waals surface area contributed by atoms with Gasteiger partial charge in [0.1, 0.15) is 22.7 Å². The Hall–Kier alpha value is -7.18. The molecule has 0 saturated heterocycles. The summed E-state index contributed by atoms with van der Waals surface area (Å²) in [6, 6.07) is 45.7. The summed E-state index contributed by atoms with van der Waals surface area (Å²) >= 11 is 0. The third-order valence-corrected chi connectivity index (χ3v) is 11.2. The zero-order valence-electron chi connectivity index (χ0n) is 28.9. The highest BCUT2D eigenvalue weighted by Crippen LogP contribution is 2.58. The largest absolute Gasteiger partial charge is 0.306 e. The molecule has 0 atom stereocenters. The summed E-state index contributed by atoms with van der Waals surface area (Å²) in [5.41, 5.74) is 9.98. The monoisotopic (exact) mass is 694 g/mol. The molecule has 4 aliphatic rings. The van der Waals surface area contributed by atoms with Gasteiger partial charge < -0.3 is 9.13 Å². The van der Waals surface area contributed by atoms with Crippen LogP contribution in [0.15, 0.2) is 182 Å². The van der Waals surface area contributed by atoms with E-state index >= 15 is 0 Å². The van der Waals surface area contributed by atoms with Crippen molar-refractivity contribution in [1.82, 2.24) is 19.1 Å². The zero-order chi connectivity index (χ0) is 36.0. The highest BCUT2D eigenvalue weighted by molar-refractivity contribution is 6.03. The van der Waals surface area contributed by atoms with Crippen LogP contribution in [0.4, 0.5) is 0 Å². The molecular formula is C48H30N4O2. The third-order valence-electron chi connectivity index (χ3n) is 11.2. The van der Waals surface area contributed by atoms with Crippen LogP contribution in [0.5, 0.6) is 0 Å². The Balaban J connectivity index is 1.25. The topological polar surface area (TPSA) is 69.8 Å². The molecule has 5 aromatic carbocycles. The number of imidazole rings is 2. The summed E-state index contributed by atoms with van der Waals surface area (Å²) in [5, 5.41) is 0. The number of ketones is 2. The van der Waals surface area contributed by atoms with Crippen LogP contribution in [0.2, 0.25) is 0 Å². The third kappa shape index (κ3) is 4.10. The van der Waals surface area contributed by atoms with Gasteiger partial charge in [0.15, 0.2) is 11.6 Å². The predicted octanol–water partition coefficient (Wildman–Crippen LogP) is 9.59. The molecule has 0 fully saturated rings. The lowest BCUT2D eigenvalue weighted by atomic mass is 9.79. The number of nitrogens with zero attached hydrogens (tertiary/aromatic N) is 4. The van der Waals surface area contributed by atoms with Gasteiger partial charge in [0.25, 0.3) is 0 Å². The van der Waals surface area contributed by atoms with E-state index in [9.17, 15) is 9.59 Å². The van der Waals surface area contributed by atoms with E-state index < -0.39 is 11.1 Å². The molecule has 0 bridgehead atoms. The number of aromatic nitrogens is 4. The summed E-state index contributed by atoms with van der Waals surface area (Å²) in [6.45, 7) is 0. The molecule has 0 N–H and O–H groups in total. The van der Waals surface area contributed by atoms with Gasteiger partial charge in [0.05, 0.1) is 22.8 Å². The first kappa shape index (κ1) is 30.4. The lowest BCUT2D eigenvalue weighted by Crippen LogP contribution is -2.32. The smallest absolute Gasteiger partial charge is 0.178 e. The molecule has 2 spiro atoms. The summed E-state index contributed by atoms with van der Waals surface area (Å²) in [7, 11) is 0. The van der Waals surface area contributed by atoms with E-state index in [2.05, 4.69) is 69.8 Å². The van der Waals surface area contributed by atoms with E-state index in [0.29, 0.717) is 0 Å². The zero-order valence-corrected chi connectivity index (χ0v) is 28.9. The van der Waals surface area contributed by atoms with Crippen LogP contribution >= 0.6 is 0 Å². The van der Waals surface area contributed by atoms with Gasteiger partial charge in [-0.2, -0.15) is 0 Å². The van der Waals surface area contributed by atoms with Crippen molar-refractivity contribution in [1.29, 1.82) is 0 Å². The van der Waals surface area contributed by atoms with E-state index in [0.717, 1.165) is 78.9 Å². The lowest BCUT2D eigenvalue weighted by Gasteiger charge is -2.33. The van der Waals surface area contributed by atoms with Crippen molar-refractivity contribution in [2.24, 2.45) is 0 Å². The van der Waals surface area contributed by atoms with E-state index in [1.165, 1.54) is 0 Å². The van der Waals surface area contributed by atoms with Gasteiger partial charge in [-0.15, -0.1) is 0 Å². The minimum atomic E-state index is -0.847. The van der Waals surface area contributed by atoms with Crippen molar-refractivity contribution in [2.75, 3.05) is 0 Å². The van der Waals surface area contributed by atoms with Gasteiger partial charge in [0, 0.05) is 33.4 Å². The predicted molar refractivity (Wildman–Crippen MR) is 211 cm³/mol. The number of rotatable bonds is 4. The standard InChI is InChI=1S/C48H30N4O2/c53-35-21-25-47(26-22-35)39-30-40-38(29-37(39)45-49-41(31-13-5-1-6-14-31)43(51(45)47)33-17-9-3-10-18-33)46-50-42(32-15-7-2-8-16-32)44(34-19-11-4-12-20-34)52(46)48(40)27-23-36(54)24-28-48/h1-30H. The number of carbonyl (C=O) groups is 2. The molecule has 2 aliphatic carbocycles. The molecule has 2 aliphatic heterocycles. The Bertz CT molecular complexity index is 2610. The van der Waals surface area contributed by atoms with Gasteiger partial charge in [-0.3, -0.25) is 9.59 Å². The number of hydrogen-bond acceptors (Lipinski definition) is 4. The van der Waals surface area contributed by atoms with Crippen molar-refractivity contribution in [3.05, 3.63) is 193 Å². The van der Waals surface area contributed by atoms with Crippen molar-refractivity contribution in [2.45, 2.75) is 11.1 Å². The molecule has 6 nitrogen and oxygen atoms in total. The fourth-order valence-corrected chi connectivity index (χ4v) is 8.83. The quantitative estimate of drug-likeness (QED) is 0.184. The molecule has 0 amide bonds. The van der Waals surface area contributed by atoms with E-state index in [-0.39, 0.29) is 11.6 Å². The number of benzene rings is 5. The van der Waals surface area contributed by atoms with Gasteiger partial charge in [-0.05, 0) is 71.9 Å². The van der Waals surface area contributed by atoms with E-state index in [1.807, 2.05) is 97.1 Å². The number of carbonyl (C=O) groups excluding carboxylic acids is 2. The second kappa shape index (κ2) is 11.2. The summed E-state index contributed by atoms with van der Waals surface area (Å²) in [4.78, 5) is 36.6. The van der Waals surface area contributed by atoms with Crippen molar-refractivity contribution < 1.29 is 9.59 Å². The molecule has 7 aromatic rings. The Labute approximate surface area is 311 Å². The lowest BCUT2D eigenvalue weighted by molar-refractivity contribution is -0.111. The Morgan fingerprint density at radius 1 is 0.407 bits per heavy atom. The first-order valence-electron chi connectivity index (χ1n) is 18.1. The number of fused-ring (bicyclic) bond motifs is 10. The molecule has 6 heteroatoms. The molecule has 2 aromatic heterocycles. The minimum absolute atomic E-state index is 0.0596. The summed E-state index contributed by atoms with van der Waals surface area (Å²) in [6.07, 6.45) is 14.7. The maximum Gasteiger partial charge on any atom is 0.178 e. The first-order valence-corrected chi connectivity index (χ1v) is 18.1. The van der Waals surface area contributed by atoms with E-state index in [4.69, 9.17) is 9.97 Å². The summed E-state index contributed by atoms with van der Waals surface area (Å²) in [5.74, 6) is 1.50. The SMILES string of the molecule is O=C1C=CC2(C=C1)c1cc3c(cc1-c1nc(-c4ccccc4)c(-c4ccccc4)n12)-c1nc(-c2ccccc2)c(-c2ccccc2)n1C31C=CC(=O)C=C1. The first-order chi connectivity index (χ1) is 26.6. The average Bonchev–Trinajstić information content (AvgIpc) is 3.95. The van der Waals surface area contributed by atoms with Crippen LogP contribution in [0.3, 0.4) is 0 Å². The molecule has 11 rings (SSSR count). The minimum Gasteiger partial charge on any atom is -0.306 e. The van der Waals surface area contributed by atoms with Crippen LogP contribution in [-0.2, 0) is 20.7 Å². The molecule has 0 radical (unpaired) electrons.